The van der Waals surface area contributed by atoms with Crippen LogP contribution < -0.4 is 30.3 Å². The first kappa shape index (κ1) is 31.3. The minimum Gasteiger partial charge on any atom is -0.343 e. The highest BCUT2D eigenvalue weighted by molar-refractivity contribution is 6.32. The summed E-state index contributed by atoms with van der Waals surface area (Å²) in [6.07, 6.45) is 16.2. The fraction of sp³-hybridized carbons (Fsp3) is 0.375. The lowest BCUT2D eigenvalue weighted by atomic mass is 9.78. The minimum absolute atomic E-state index is 0.111. The molecule has 3 heteroatoms. The van der Waals surface area contributed by atoms with Crippen LogP contribution in [0.5, 0.6) is 0 Å². The highest BCUT2D eigenvalue weighted by atomic mass is 35.5. The third kappa shape index (κ3) is 5.88. The van der Waals surface area contributed by atoms with Crippen LogP contribution >= 0.6 is 11.6 Å². The van der Waals surface area contributed by atoms with E-state index in [9.17, 15) is 0 Å². The van der Waals surface area contributed by atoms with Gasteiger partial charge in [0.15, 0.2) is 0 Å². The molecule has 2 nitrogen and oxygen atoms in total. The first-order chi connectivity index (χ1) is 20.5. The van der Waals surface area contributed by atoms with Crippen molar-refractivity contribution in [2.24, 2.45) is 0 Å². The Hall–Kier alpha value is -3.10. The maximum absolute atomic E-state index is 7.18. The van der Waals surface area contributed by atoms with Crippen LogP contribution in [0.15, 0.2) is 71.3 Å². The van der Waals surface area contributed by atoms with Gasteiger partial charge in [-0.25, -0.2) is 12.2 Å². The van der Waals surface area contributed by atoms with Crippen molar-refractivity contribution in [3.05, 3.63) is 135 Å². The number of nitrogens with zero attached hydrogens (tertiary/aromatic N) is 2. The Morgan fingerprint density at radius 1 is 0.814 bits per heavy atom. The van der Waals surface area contributed by atoms with Gasteiger partial charge in [-0.3, -0.25) is 6.08 Å². The molecule has 2 heterocycles. The second kappa shape index (κ2) is 12.5. The third-order valence-electron chi connectivity index (χ3n) is 9.52. The van der Waals surface area contributed by atoms with E-state index in [0.29, 0.717) is 0 Å². The van der Waals surface area contributed by atoms with Crippen molar-refractivity contribution < 1.29 is 0 Å². The molecule has 0 fully saturated rings. The van der Waals surface area contributed by atoms with E-state index in [4.69, 9.17) is 11.6 Å². The number of rotatable bonds is 10. The molecular formula is C40H48ClN2-3. The quantitative estimate of drug-likeness (QED) is 0.222. The zero-order chi connectivity index (χ0) is 30.9. The standard InChI is InChI=1S/C40H48ClN2/c1-9-11-24-42-34-20-16-28(3)26-32(34)39(5,6)36(42)22-18-30-14-13-15-31(38(30)41)19-23-37-40(7,8)33-27-29(4)17-21-35(33)43(37)25-12-10-2/h16-23,26-27H,1-4,9-15,24-25H2,5-8H3/q-3/b22-18+,23-19?. The van der Waals surface area contributed by atoms with Crippen molar-refractivity contribution in [2.45, 2.75) is 83.5 Å². The van der Waals surface area contributed by atoms with Crippen LogP contribution in [0.1, 0.15) is 83.8 Å². The van der Waals surface area contributed by atoms with Gasteiger partial charge < -0.3 is 23.0 Å². The van der Waals surface area contributed by atoms with Crippen LogP contribution in [0.3, 0.4) is 0 Å². The zero-order valence-corrected chi connectivity index (χ0v) is 27.5. The predicted octanol–water partition coefficient (Wildman–Crippen LogP) is 6.43. The molecular weight excluding hydrogens is 544 g/mol. The molecule has 0 unspecified atom stereocenters. The number of benzene rings is 2. The van der Waals surface area contributed by atoms with Crippen molar-refractivity contribution in [2.75, 3.05) is 13.1 Å². The van der Waals surface area contributed by atoms with E-state index in [1.807, 2.05) is 0 Å². The van der Waals surface area contributed by atoms with Gasteiger partial charge in [0.25, 0.3) is 0 Å². The topological polar surface area (TPSA) is 6.02 Å². The molecule has 2 aromatic carbocycles. The molecule has 0 N–H and O–H groups in total. The van der Waals surface area contributed by atoms with Crippen LogP contribution in [0.25, 0.3) is 13.2 Å². The van der Waals surface area contributed by atoms with Gasteiger partial charge in [0.1, 0.15) is 23.8 Å². The maximum Gasteiger partial charge on any atom is 0.124 e. The van der Waals surface area contributed by atoms with E-state index >= 15 is 0 Å². The maximum atomic E-state index is 7.18. The summed E-state index contributed by atoms with van der Waals surface area (Å²) in [7, 11) is 0. The Kier molecular flexibility index (Phi) is 9.10. The van der Waals surface area contributed by atoms with Gasteiger partial charge in [-0.15, -0.1) is 17.7 Å². The number of hydrogen-bond donors (Lipinski definition) is 0. The normalized spacial score (nSPS) is 19.4. The molecule has 2 aliphatic heterocycles. The molecule has 0 saturated heterocycles. The lowest BCUT2D eigenvalue weighted by Gasteiger charge is -2.36. The summed E-state index contributed by atoms with van der Waals surface area (Å²) in [5.41, 5.74) is 3.68. The molecule has 228 valence electrons. The average Bonchev–Trinajstić information content (AvgIpc) is 3.31. The van der Waals surface area contributed by atoms with E-state index in [1.54, 1.807) is 0 Å². The van der Waals surface area contributed by atoms with Crippen molar-refractivity contribution in [1.82, 2.24) is 9.15 Å². The van der Waals surface area contributed by atoms with E-state index in [1.165, 1.54) is 45.4 Å². The largest absolute Gasteiger partial charge is 0.343 e. The third-order valence-corrected chi connectivity index (χ3v) is 10.0. The van der Waals surface area contributed by atoms with Gasteiger partial charge in [-0.2, -0.15) is 24.3 Å². The molecule has 1 aliphatic carbocycles. The lowest BCUT2D eigenvalue weighted by Crippen LogP contribution is -2.33. The summed E-state index contributed by atoms with van der Waals surface area (Å²) < 4.78 is 4.96. The highest BCUT2D eigenvalue weighted by Gasteiger charge is 2.39. The second-order valence-electron chi connectivity index (χ2n) is 13.3. The van der Waals surface area contributed by atoms with Gasteiger partial charge in [0.2, 0.25) is 0 Å². The first-order valence-corrected chi connectivity index (χ1v) is 16.3. The summed E-state index contributed by atoms with van der Waals surface area (Å²) in [5, 5.41) is 5.59. The van der Waals surface area contributed by atoms with Crippen LogP contribution in [0.4, 0.5) is 0 Å². The van der Waals surface area contributed by atoms with Crippen LogP contribution in [0, 0.1) is 31.8 Å². The summed E-state index contributed by atoms with van der Waals surface area (Å²) in [5.74, 6) is 1.22. The van der Waals surface area contributed by atoms with Crippen molar-refractivity contribution in [1.29, 1.82) is 0 Å². The minimum atomic E-state index is -0.111. The van der Waals surface area contributed by atoms with Gasteiger partial charge >= 0.3 is 0 Å². The van der Waals surface area contributed by atoms with Crippen LogP contribution in [0.2, 0.25) is 0 Å². The van der Waals surface area contributed by atoms with E-state index in [0.717, 1.165) is 73.5 Å². The lowest BCUT2D eigenvalue weighted by molar-refractivity contribution is 0.486. The molecule has 5 rings (SSSR count). The molecule has 0 spiro atoms. The van der Waals surface area contributed by atoms with Crippen molar-refractivity contribution in [3.8, 4) is 0 Å². The SMILES string of the molecule is C=c1ccc2c(c1)C(C)(C)[C-](C=C[C-]1CCCC(/C=C/[C-]3[N+](CCC[CH2-])=c4ccc(=C)cc4C3(C)C)=C1Cl)[N+]=2CCC[CH2-]. The second-order valence-corrected chi connectivity index (χ2v) is 13.7. The van der Waals surface area contributed by atoms with Gasteiger partial charge in [-0.05, 0) is 46.5 Å². The van der Waals surface area contributed by atoms with E-state index < -0.39 is 0 Å². The van der Waals surface area contributed by atoms with Gasteiger partial charge in [0, 0.05) is 16.9 Å². The number of fused-ring (bicyclic) bond motifs is 2. The molecule has 3 aliphatic rings. The van der Waals surface area contributed by atoms with E-state index in [-0.39, 0.29) is 10.8 Å². The Morgan fingerprint density at radius 3 is 1.84 bits per heavy atom. The highest BCUT2D eigenvalue weighted by Crippen LogP contribution is 2.41. The monoisotopic (exact) mass is 591 g/mol. The average molecular weight is 592 g/mol. The molecule has 0 bridgehead atoms. The molecule has 0 atom stereocenters. The zero-order valence-electron chi connectivity index (χ0n) is 26.7. The fourth-order valence-corrected chi connectivity index (χ4v) is 7.35. The first-order valence-electron chi connectivity index (χ1n) is 15.9. The van der Waals surface area contributed by atoms with Crippen molar-refractivity contribution >= 4 is 24.8 Å². The molecule has 0 radical (unpaired) electrons. The summed E-state index contributed by atoms with van der Waals surface area (Å²) in [6.45, 7) is 27.8. The summed E-state index contributed by atoms with van der Waals surface area (Å²) in [4.78, 5) is 0. The molecule has 43 heavy (non-hydrogen) atoms. The Bertz CT molecular complexity index is 1690. The number of allylic oxidation sites excluding steroid dienone is 4. The fourth-order valence-electron chi connectivity index (χ4n) is 7.03. The van der Waals surface area contributed by atoms with Gasteiger partial charge in [-0.1, -0.05) is 89.4 Å². The Morgan fingerprint density at radius 2 is 1.33 bits per heavy atom. The number of unbranched alkanes of at least 4 members (excludes halogenated alkanes) is 2. The van der Waals surface area contributed by atoms with Gasteiger partial charge in [0.05, 0.1) is 6.04 Å². The van der Waals surface area contributed by atoms with Crippen molar-refractivity contribution in [3.63, 3.8) is 0 Å². The number of halogens is 1. The smallest absolute Gasteiger partial charge is 0.124 e. The molecule has 0 amide bonds. The van der Waals surface area contributed by atoms with Crippen LogP contribution in [-0.2, 0) is 10.8 Å². The molecule has 0 aromatic heterocycles. The Labute approximate surface area is 265 Å². The predicted molar refractivity (Wildman–Crippen MR) is 185 cm³/mol. The van der Waals surface area contributed by atoms with Crippen LogP contribution in [-0.4, -0.2) is 13.1 Å². The Balaban J connectivity index is 1.44. The molecule has 2 aromatic rings. The summed E-state index contributed by atoms with van der Waals surface area (Å²) in [6, 6.07) is 15.8. The van der Waals surface area contributed by atoms with E-state index in [2.05, 4.69) is 125 Å². The number of hydrogen-bond acceptors (Lipinski definition) is 0. The molecule has 0 saturated carbocycles. The summed E-state index contributed by atoms with van der Waals surface area (Å²) >= 11 is 7.18.